The summed E-state index contributed by atoms with van der Waals surface area (Å²) in [7, 11) is 11.4. The summed E-state index contributed by atoms with van der Waals surface area (Å²) in [5.74, 6) is 0.932. The van der Waals surface area contributed by atoms with Crippen LogP contribution >= 0.6 is 0 Å². The van der Waals surface area contributed by atoms with Crippen LogP contribution in [0.5, 0.6) is 0 Å². The van der Waals surface area contributed by atoms with Crippen molar-refractivity contribution in [2.75, 3.05) is 0 Å². The minimum atomic E-state index is 0.932. The molecule has 8 aromatic carbocycles. The summed E-state index contributed by atoms with van der Waals surface area (Å²) in [6, 6.07) is 54.8. The van der Waals surface area contributed by atoms with Crippen molar-refractivity contribution in [2.24, 2.45) is 0 Å². The molecule has 1 aromatic heterocycles. The average Bonchev–Trinajstić information content (AvgIpc) is 3.59. The van der Waals surface area contributed by atoms with Gasteiger partial charge in [0.1, 0.15) is 45.1 Å². The van der Waals surface area contributed by atoms with E-state index in [4.69, 9.17) is 4.98 Å². The predicted octanol–water partition coefficient (Wildman–Crippen LogP) is 3.29. The Balaban J connectivity index is 1.37. The Morgan fingerprint density at radius 2 is 0.731 bits per heavy atom. The third-order valence-electron chi connectivity index (χ3n) is 11.4. The van der Waals surface area contributed by atoms with Gasteiger partial charge in [-0.2, -0.15) is 0 Å². The number of fused-ring (bicyclic) bond motifs is 3. The normalized spacial score (nSPS) is 11.5. The number of para-hydroxylation sites is 3. The fourth-order valence-corrected chi connectivity index (χ4v) is 8.47. The summed E-state index contributed by atoms with van der Waals surface area (Å²) in [4.78, 5) is 5.32. The Hall–Kier alpha value is -5.93. The Morgan fingerprint density at radius 3 is 1.27 bits per heavy atom. The van der Waals surface area contributed by atoms with Gasteiger partial charge >= 0.3 is 0 Å². The van der Waals surface area contributed by atoms with Crippen molar-refractivity contribution >= 4 is 99.1 Å². The van der Waals surface area contributed by atoms with Crippen LogP contribution in [0, 0.1) is 0 Å². The van der Waals surface area contributed by atoms with Crippen molar-refractivity contribution in [1.29, 1.82) is 0 Å². The Morgan fingerprint density at radius 1 is 0.346 bits per heavy atom. The Labute approximate surface area is 309 Å². The van der Waals surface area contributed by atoms with Crippen LogP contribution in [-0.2, 0) is 0 Å². The number of hydrogen-bond acceptors (Lipinski definition) is 1. The number of nitrogens with zero attached hydrogens (tertiary/aromatic N) is 2. The van der Waals surface area contributed by atoms with E-state index in [1.807, 2.05) is 0 Å². The van der Waals surface area contributed by atoms with Gasteiger partial charge in [-0.1, -0.05) is 138 Å². The molecule has 0 fully saturated rings. The average molecular weight is 658 g/mol. The lowest BCUT2D eigenvalue weighted by Crippen LogP contribution is -2.55. The molecular weight excluding hydrogens is 623 g/mol. The zero-order valence-corrected chi connectivity index (χ0v) is 30.3. The van der Waals surface area contributed by atoms with Crippen LogP contribution < -0.4 is 27.3 Å². The summed E-state index contributed by atoms with van der Waals surface area (Å²) >= 11 is 0. The third kappa shape index (κ3) is 4.91. The van der Waals surface area contributed by atoms with E-state index < -0.39 is 0 Å². The molecule has 0 saturated carbocycles. The number of aromatic nitrogens is 2. The van der Waals surface area contributed by atoms with Crippen LogP contribution in [0.4, 0.5) is 0 Å². The molecule has 52 heavy (non-hydrogen) atoms. The highest BCUT2D eigenvalue weighted by Gasteiger charge is 2.24. The first-order valence-electron chi connectivity index (χ1n) is 18.2. The maximum absolute atomic E-state index is 5.32. The lowest BCUT2D eigenvalue weighted by atomic mass is 9.59. The second kappa shape index (κ2) is 12.7. The third-order valence-corrected chi connectivity index (χ3v) is 11.4. The molecular formula is C45H35B5N2. The van der Waals surface area contributed by atoms with Gasteiger partial charge in [-0.25, -0.2) is 4.98 Å². The van der Waals surface area contributed by atoms with E-state index in [1.54, 1.807) is 0 Å². The SMILES string of the molecule is Bc1c(B)c(B)c(-c2ccccc2-c2c3ccccc3c(-c3ccccc3-c3nc4ccccc4n3-c3ccccc3)c3ccccc23)c(B)c1B. The van der Waals surface area contributed by atoms with Gasteiger partial charge in [0.05, 0.1) is 11.0 Å². The number of rotatable bonds is 5. The topological polar surface area (TPSA) is 17.8 Å². The summed E-state index contributed by atoms with van der Waals surface area (Å²) in [5.41, 5.74) is 18.6. The Bertz CT molecular complexity index is 2770. The second-order valence-corrected chi connectivity index (χ2v) is 14.0. The standard InChI is InChI=1S/C45H35B5N2/c46-40-39(41(47)43(49)44(50)42(40)48)32-21-9-8-20-31(32)37-27-16-4-6-18-29(27)38(30-19-7-5-17-28(30)37)33-22-10-11-23-34(33)45-51-35-24-12-13-25-36(35)52(45)26-14-2-1-3-15-26/h1-25H,46-50H2. The minimum absolute atomic E-state index is 0.932. The minimum Gasteiger partial charge on any atom is -0.292 e. The van der Waals surface area contributed by atoms with Gasteiger partial charge in [0, 0.05) is 11.3 Å². The molecule has 0 amide bonds. The molecule has 9 aromatic rings. The quantitative estimate of drug-likeness (QED) is 0.205. The molecule has 2 nitrogen and oxygen atoms in total. The van der Waals surface area contributed by atoms with Crippen LogP contribution in [0.25, 0.3) is 83.0 Å². The Kier molecular flexibility index (Phi) is 7.81. The lowest BCUT2D eigenvalue weighted by Gasteiger charge is -2.24. The first-order valence-corrected chi connectivity index (χ1v) is 18.2. The second-order valence-electron chi connectivity index (χ2n) is 14.0. The van der Waals surface area contributed by atoms with Crippen LogP contribution in [-0.4, -0.2) is 48.8 Å². The molecule has 0 aliphatic heterocycles. The first kappa shape index (κ1) is 32.0. The first-order chi connectivity index (χ1) is 25.4. The smallest absolute Gasteiger partial charge is 0.146 e. The molecule has 0 saturated heterocycles. The molecule has 0 aliphatic rings. The van der Waals surface area contributed by atoms with Crippen LogP contribution in [0.3, 0.4) is 0 Å². The molecule has 0 spiro atoms. The van der Waals surface area contributed by atoms with Crippen molar-refractivity contribution in [3.63, 3.8) is 0 Å². The molecule has 0 N–H and O–H groups in total. The molecule has 9 rings (SSSR count). The van der Waals surface area contributed by atoms with E-state index in [1.165, 1.54) is 82.2 Å². The summed E-state index contributed by atoms with van der Waals surface area (Å²) in [6.45, 7) is 0. The molecule has 0 unspecified atom stereocenters. The summed E-state index contributed by atoms with van der Waals surface area (Å²) in [5, 5.41) is 4.94. The molecule has 7 heteroatoms. The van der Waals surface area contributed by atoms with Crippen molar-refractivity contribution in [3.05, 3.63) is 152 Å². The fourth-order valence-electron chi connectivity index (χ4n) is 8.47. The van der Waals surface area contributed by atoms with Crippen LogP contribution in [0.15, 0.2) is 152 Å². The van der Waals surface area contributed by atoms with Gasteiger partial charge in [-0.3, -0.25) is 4.57 Å². The zero-order valence-electron chi connectivity index (χ0n) is 30.3. The van der Waals surface area contributed by atoms with E-state index in [9.17, 15) is 0 Å². The van der Waals surface area contributed by atoms with Crippen molar-refractivity contribution in [1.82, 2.24) is 9.55 Å². The molecule has 0 bridgehead atoms. The van der Waals surface area contributed by atoms with Gasteiger partial charge in [-0.15, -0.1) is 16.4 Å². The van der Waals surface area contributed by atoms with E-state index in [-0.39, 0.29) is 0 Å². The van der Waals surface area contributed by atoms with Gasteiger partial charge < -0.3 is 0 Å². The van der Waals surface area contributed by atoms with Gasteiger partial charge in [0.2, 0.25) is 0 Å². The van der Waals surface area contributed by atoms with Crippen molar-refractivity contribution in [3.8, 4) is 50.5 Å². The largest absolute Gasteiger partial charge is 0.292 e. The van der Waals surface area contributed by atoms with Crippen molar-refractivity contribution in [2.45, 2.75) is 0 Å². The van der Waals surface area contributed by atoms with Crippen molar-refractivity contribution < 1.29 is 0 Å². The van der Waals surface area contributed by atoms with Crippen LogP contribution in [0.1, 0.15) is 0 Å². The molecule has 0 aliphatic carbocycles. The number of benzene rings is 8. The molecule has 0 atom stereocenters. The highest BCUT2D eigenvalue weighted by atomic mass is 15.1. The van der Waals surface area contributed by atoms with E-state index >= 15 is 0 Å². The van der Waals surface area contributed by atoms with Crippen LogP contribution in [0.2, 0.25) is 0 Å². The predicted molar refractivity (Wildman–Crippen MR) is 239 cm³/mol. The lowest BCUT2D eigenvalue weighted by molar-refractivity contribution is 1.10. The number of hydrogen-bond donors (Lipinski definition) is 0. The maximum Gasteiger partial charge on any atom is 0.146 e. The summed E-state index contributed by atoms with van der Waals surface area (Å²) in [6.07, 6.45) is 0. The van der Waals surface area contributed by atoms with E-state index in [2.05, 4.69) is 195 Å². The molecule has 240 valence electrons. The fraction of sp³-hybridized carbons (Fsp3) is 0. The van der Waals surface area contributed by atoms with Gasteiger partial charge in [0.25, 0.3) is 0 Å². The summed E-state index contributed by atoms with van der Waals surface area (Å²) < 4.78 is 2.30. The monoisotopic (exact) mass is 658 g/mol. The van der Waals surface area contributed by atoms with Gasteiger partial charge in [-0.05, 0) is 79.2 Å². The molecule has 0 radical (unpaired) electrons. The van der Waals surface area contributed by atoms with E-state index in [0.717, 1.165) is 28.1 Å². The number of imidazole rings is 1. The highest BCUT2D eigenvalue weighted by molar-refractivity contribution is 6.68. The van der Waals surface area contributed by atoms with Gasteiger partial charge in [0.15, 0.2) is 0 Å². The highest BCUT2D eigenvalue weighted by Crippen LogP contribution is 2.47. The molecule has 1 heterocycles. The van der Waals surface area contributed by atoms with E-state index in [0.29, 0.717) is 0 Å². The maximum atomic E-state index is 5.32. The zero-order chi connectivity index (χ0) is 35.5.